The van der Waals surface area contributed by atoms with Crippen LogP contribution in [-0.4, -0.2) is 70.2 Å². The van der Waals surface area contributed by atoms with Crippen molar-refractivity contribution in [1.82, 2.24) is 25.3 Å². The van der Waals surface area contributed by atoms with Crippen molar-refractivity contribution in [3.63, 3.8) is 0 Å². The van der Waals surface area contributed by atoms with Crippen LogP contribution < -0.4 is 5.32 Å². The first-order chi connectivity index (χ1) is 18.1. The van der Waals surface area contributed by atoms with E-state index in [1.54, 1.807) is 49.9 Å². The molecule has 2 bridgehead atoms. The molecule has 0 spiro atoms. The molecule has 2 atom stereocenters. The average molecular weight is 522 g/mol. The van der Waals surface area contributed by atoms with Crippen molar-refractivity contribution in [1.29, 1.82) is 5.26 Å². The van der Waals surface area contributed by atoms with Crippen molar-refractivity contribution < 1.29 is 28.3 Å². The first-order valence-electron chi connectivity index (χ1n) is 12.3. The molecule has 13 heteroatoms. The quantitative estimate of drug-likeness (QED) is 0.390. The topological polar surface area (TPSA) is 133 Å². The summed E-state index contributed by atoms with van der Waals surface area (Å²) < 4.78 is 15.5. The number of alkyl carbamates (subject to hydrolysis) is 1. The van der Waals surface area contributed by atoms with Gasteiger partial charge >= 0.3 is 186 Å². The molecule has 2 aromatic rings. The van der Waals surface area contributed by atoms with E-state index in [0.29, 0.717) is 24.6 Å². The number of carbonyl (C=O) groups excluding carboxylic acids is 2. The van der Waals surface area contributed by atoms with Crippen molar-refractivity contribution in [2.75, 3.05) is 13.6 Å². The van der Waals surface area contributed by atoms with Crippen LogP contribution in [0.2, 0.25) is 0 Å². The number of nitrogens with one attached hydrogen (secondary N) is 1. The van der Waals surface area contributed by atoms with Gasteiger partial charge in [0.25, 0.3) is 0 Å². The van der Waals surface area contributed by atoms with Gasteiger partial charge in [0, 0.05) is 0 Å². The summed E-state index contributed by atoms with van der Waals surface area (Å²) in [7, 11) is 2.79. The van der Waals surface area contributed by atoms with E-state index in [1.165, 1.54) is 5.06 Å². The molecular weight excluding hydrogens is 491 g/mol. The third-order valence-corrected chi connectivity index (χ3v) is 6.11. The number of piperidine rings is 1. The van der Waals surface area contributed by atoms with E-state index in [0.717, 1.165) is 25.5 Å². The minimum atomic E-state index is -0.697. The van der Waals surface area contributed by atoms with Crippen LogP contribution in [0.15, 0.2) is 40.9 Å². The Morgan fingerprint density at radius 2 is 2.08 bits per heavy atom. The van der Waals surface area contributed by atoms with E-state index in [2.05, 4.69) is 10.5 Å². The van der Waals surface area contributed by atoms with E-state index in [9.17, 15) is 9.59 Å². The number of ether oxygens (including phenoxy) is 1. The third-order valence-electron chi connectivity index (χ3n) is 6.11. The normalized spacial score (nSPS) is 19.0. The van der Waals surface area contributed by atoms with Gasteiger partial charge in [0.1, 0.15) is 0 Å². The van der Waals surface area contributed by atoms with Gasteiger partial charge in [-0.3, -0.25) is 0 Å². The Balaban J connectivity index is 1.38. The minimum absolute atomic E-state index is 0.00766. The molecular formula is C25H31BN6O6. The van der Waals surface area contributed by atoms with Crippen molar-refractivity contribution in [2.45, 2.75) is 64.4 Å². The molecule has 4 rings (SSSR count). The van der Waals surface area contributed by atoms with Gasteiger partial charge in [-0.25, -0.2) is 0 Å². The second kappa shape index (κ2) is 11.6. The van der Waals surface area contributed by atoms with E-state index >= 15 is 0 Å². The number of rotatable bonds is 9. The number of nitriles is 1. The van der Waals surface area contributed by atoms with E-state index in [4.69, 9.17) is 24.0 Å². The Kier molecular flexibility index (Phi) is 8.21. The van der Waals surface area contributed by atoms with Crippen molar-refractivity contribution >= 4 is 25.0 Å². The van der Waals surface area contributed by atoms with Crippen LogP contribution in [0.1, 0.15) is 56.7 Å². The summed E-state index contributed by atoms with van der Waals surface area (Å²) in [6.45, 7) is 6.32. The predicted octanol–water partition coefficient (Wildman–Crippen LogP) is 2.91. The molecule has 2 saturated heterocycles. The summed E-state index contributed by atoms with van der Waals surface area (Å²) >= 11 is 0. The number of urea groups is 1. The molecule has 12 nitrogen and oxygen atoms in total. The maximum absolute atomic E-state index is 13.1. The molecule has 38 heavy (non-hydrogen) atoms. The van der Waals surface area contributed by atoms with Crippen molar-refractivity contribution in [2.24, 2.45) is 0 Å². The van der Waals surface area contributed by atoms with Gasteiger partial charge in [0.2, 0.25) is 0 Å². The Morgan fingerprint density at radius 3 is 2.79 bits per heavy atom. The summed E-state index contributed by atoms with van der Waals surface area (Å²) in [6, 6.07) is 11.1. The Morgan fingerprint density at radius 1 is 1.32 bits per heavy atom. The first-order valence-corrected chi connectivity index (χ1v) is 12.3. The number of amides is 3. The zero-order valence-electron chi connectivity index (χ0n) is 21.9. The average Bonchev–Trinajstić information content (AvgIpc) is 3.42. The second-order valence-electron chi connectivity index (χ2n) is 10.2. The number of fused-ring (bicyclic) bond motifs is 2. The summed E-state index contributed by atoms with van der Waals surface area (Å²) in [6.07, 6.45) is 2.36. The van der Waals surface area contributed by atoms with Crippen molar-refractivity contribution in [3.8, 4) is 6.26 Å². The predicted molar refractivity (Wildman–Crippen MR) is 136 cm³/mol. The van der Waals surface area contributed by atoms with Gasteiger partial charge in [-0.15, -0.1) is 0 Å². The molecule has 1 aromatic carbocycles. The molecule has 0 saturated carbocycles. The molecule has 0 radical (unpaired) electrons. The Labute approximate surface area is 221 Å². The van der Waals surface area contributed by atoms with Gasteiger partial charge < -0.3 is 0 Å². The summed E-state index contributed by atoms with van der Waals surface area (Å²) in [4.78, 5) is 34.6. The molecule has 200 valence electrons. The molecule has 1 aromatic heterocycles. The second-order valence-corrected chi connectivity index (χ2v) is 10.2. The first kappa shape index (κ1) is 27.0. The SMILES string of the molecule is CN(Cc1cc([C@@H]2CCC3CN2C(=O)N3OCc2ccccc2)no1)C(=BOC#N)NC(=O)OC(C)(C)C. The van der Waals surface area contributed by atoms with Crippen molar-refractivity contribution in [3.05, 3.63) is 53.4 Å². The van der Waals surface area contributed by atoms with Gasteiger partial charge in [0.05, 0.1) is 0 Å². The number of hydrogen-bond donors (Lipinski definition) is 1. The molecule has 1 N–H and O–H groups in total. The summed E-state index contributed by atoms with van der Waals surface area (Å²) in [5.74, 6) is 0.502. The zero-order chi connectivity index (χ0) is 27.3. The molecule has 2 aliphatic heterocycles. The number of aromatic nitrogens is 1. The molecule has 3 heterocycles. The van der Waals surface area contributed by atoms with E-state index in [1.807, 2.05) is 30.3 Å². The Bertz CT molecular complexity index is 1210. The van der Waals surface area contributed by atoms with Crippen LogP contribution in [0.25, 0.3) is 0 Å². The van der Waals surface area contributed by atoms with Gasteiger partial charge in [-0.05, 0) is 5.56 Å². The summed E-state index contributed by atoms with van der Waals surface area (Å²) in [5, 5.41) is 17.1. The molecule has 3 amide bonds. The third kappa shape index (κ3) is 6.63. The van der Waals surface area contributed by atoms with Crippen LogP contribution in [0, 0.1) is 11.5 Å². The fraction of sp³-hybridized carbons (Fsp3) is 0.480. The monoisotopic (exact) mass is 522 g/mol. The van der Waals surface area contributed by atoms with Crippen LogP contribution in [0.3, 0.4) is 0 Å². The standard InChI is InChI=1S/C25H31BN6O6/c1-25(2,3)37-23(33)28-22(26-35-16-27)30(4)14-19-12-20(29-38-19)21-11-10-18-13-31(21)24(34)32(18)36-15-17-8-6-5-7-9-17/h5-9,12,18,21H,10-11,13-15H2,1-4H3,(H,28,33)/t18?,21-/m0/s1. The zero-order valence-corrected chi connectivity index (χ0v) is 21.9. The van der Waals surface area contributed by atoms with Crippen LogP contribution in [-0.2, 0) is 27.4 Å². The van der Waals surface area contributed by atoms with Crippen LogP contribution >= 0.6 is 0 Å². The molecule has 2 fully saturated rings. The number of nitrogens with zero attached hydrogens (tertiary/aromatic N) is 5. The van der Waals surface area contributed by atoms with Crippen LogP contribution in [0.4, 0.5) is 9.59 Å². The number of benzene rings is 1. The fourth-order valence-electron chi connectivity index (χ4n) is 4.41. The Hall–Kier alpha value is -4.05. The molecule has 2 aliphatic rings. The van der Waals surface area contributed by atoms with Gasteiger partial charge in [-0.2, -0.15) is 0 Å². The van der Waals surface area contributed by atoms with Crippen LogP contribution in [0.5, 0.6) is 0 Å². The fourth-order valence-corrected chi connectivity index (χ4v) is 4.41. The summed E-state index contributed by atoms with van der Waals surface area (Å²) in [5.41, 5.74) is 1.13. The maximum atomic E-state index is 13.1. The van der Waals surface area contributed by atoms with E-state index < -0.39 is 11.7 Å². The van der Waals surface area contributed by atoms with E-state index in [-0.39, 0.29) is 30.4 Å². The van der Waals surface area contributed by atoms with Gasteiger partial charge in [-0.1, -0.05) is 30.3 Å². The number of carbonyl (C=O) groups is 2. The van der Waals surface area contributed by atoms with Gasteiger partial charge in [0.15, 0.2) is 0 Å². The molecule has 0 aliphatic carbocycles. The molecule has 1 unspecified atom stereocenters. The number of hydrogen-bond acceptors (Lipinski definition) is 9. The number of hydroxylamine groups is 2.